The highest BCUT2D eigenvalue weighted by molar-refractivity contribution is 9.10. The molecule has 0 unspecified atom stereocenters. The van der Waals surface area contributed by atoms with Gasteiger partial charge in [-0.1, -0.05) is 38.1 Å². The Morgan fingerprint density at radius 1 is 0.840 bits per heavy atom. The molecule has 0 aliphatic heterocycles. The lowest BCUT2D eigenvalue weighted by Crippen LogP contribution is -2.20. The van der Waals surface area contributed by atoms with Gasteiger partial charge >= 0.3 is 0 Å². The van der Waals surface area contributed by atoms with Crippen molar-refractivity contribution in [3.8, 4) is 11.5 Å². The van der Waals surface area contributed by atoms with Crippen LogP contribution in [0, 0.1) is 0 Å². The van der Waals surface area contributed by atoms with Crippen molar-refractivity contribution in [3.05, 3.63) is 80.8 Å². The van der Waals surface area contributed by atoms with E-state index in [2.05, 4.69) is 58.9 Å². The van der Waals surface area contributed by atoms with Crippen molar-refractivity contribution >= 4 is 31.9 Å². The summed E-state index contributed by atoms with van der Waals surface area (Å²) < 4.78 is 1.33. The summed E-state index contributed by atoms with van der Waals surface area (Å²) in [5, 5.41) is 20.5. The predicted molar refractivity (Wildman–Crippen MR) is 112 cm³/mol. The van der Waals surface area contributed by atoms with Crippen LogP contribution >= 0.6 is 31.9 Å². The predicted octanol–water partition coefficient (Wildman–Crippen LogP) is 6.41. The Hall–Kier alpha value is -1.52. The molecule has 0 saturated heterocycles. The van der Waals surface area contributed by atoms with Gasteiger partial charge in [-0.2, -0.15) is 0 Å². The molecule has 0 fully saturated rings. The smallest absolute Gasteiger partial charge is 0.133 e. The van der Waals surface area contributed by atoms with Gasteiger partial charge < -0.3 is 10.2 Å². The molecule has 0 bridgehead atoms. The Labute approximate surface area is 166 Å². The van der Waals surface area contributed by atoms with Crippen molar-refractivity contribution in [2.45, 2.75) is 32.1 Å². The van der Waals surface area contributed by atoms with E-state index in [-0.39, 0.29) is 16.9 Å². The molecule has 2 aromatic carbocycles. The number of halogens is 2. The first kappa shape index (κ1) is 19.8. The molecule has 2 N–H and O–H groups in total. The second kappa shape index (κ2) is 7.79. The van der Waals surface area contributed by atoms with E-state index in [1.54, 1.807) is 12.2 Å². The summed E-state index contributed by atoms with van der Waals surface area (Å²) in [6.07, 6.45) is 4.74. The Kier molecular flexibility index (Phi) is 6.17. The zero-order valence-corrected chi connectivity index (χ0v) is 17.6. The second-order valence-corrected chi connectivity index (χ2v) is 8.25. The minimum absolute atomic E-state index is 0.249. The minimum Gasteiger partial charge on any atom is -0.506 e. The van der Waals surface area contributed by atoms with Crippen LogP contribution in [-0.2, 0) is 18.3 Å². The van der Waals surface area contributed by atoms with Crippen molar-refractivity contribution in [3.63, 3.8) is 0 Å². The fraction of sp³-hybridized carbons (Fsp3) is 0.238. The van der Waals surface area contributed by atoms with Gasteiger partial charge in [0.05, 0.1) is 8.95 Å². The molecule has 0 heterocycles. The molecule has 0 aromatic heterocycles. The minimum atomic E-state index is -0.321. The van der Waals surface area contributed by atoms with Crippen LogP contribution in [-0.4, -0.2) is 10.2 Å². The van der Waals surface area contributed by atoms with Crippen molar-refractivity contribution in [1.29, 1.82) is 0 Å². The van der Waals surface area contributed by atoms with Gasteiger partial charge in [0.25, 0.3) is 0 Å². The molecule has 0 atom stereocenters. The highest BCUT2D eigenvalue weighted by atomic mass is 79.9. The van der Waals surface area contributed by atoms with Crippen molar-refractivity contribution < 1.29 is 10.2 Å². The fourth-order valence-electron chi connectivity index (χ4n) is 2.82. The number of allylic oxidation sites excluding steroid dienone is 2. The van der Waals surface area contributed by atoms with Crippen molar-refractivity contribution in [1.82, 2.24) is 0 Å². The van der Waals surface area contributed by atoms with E-state index in [1.807, 2.05) is 24.3 Å². The molecule has 132 valence electrons. The van der Waals surface area contributed by atoms with Crippen LogP contribution in [0.4, 0.5) is 0 Å². The van der Waals surface area contributed by atoms with Gasteiger partial charge in [0.15, 0.2) is 0 Å². The summed E-state index contributed by atoms with van der Waals surface area (Å²) in [4.78, 5) is 0. The fourth-order valence-corrected chi connectivity index (χ4v) is 3.83. The number of rotatable bonds is 6. The van der Waals surface area contributed by atoms with Gasteiger partial charge in [-0.25, -0.2) is 0 Å². The first-order valence-corrected chi connectivity index (χ1v) is 9.56. The number of benzene rings is 2. The van der Waals surface area contributed by atoms with Crippen LogP contribution in [0.15, 0.2) is 58.5 Å². The number of phenolic OH excluding ortho intramolecular Hbond substituents is 2. The highest BCUT2D eigenvalue weighted by Gasteiger charge is 2.27. The third-order valence-electron chi connectivity index (χ3n) is 4.46. The lowest BCUT2D eigenvalue weighted by molar-refractivity contribution is 0.464. The topological polar surface area (TPSA) is 40.5 Å². The highest BCUT2D eigenvalue weighted by Crippen LogP contribution is 2.41. The third-order valence-corrected chi connectivity index (χ3v) is 5.67. The standard InChI is InChI=1S/C21H22Br2O2/c1-5-7-13-9-15(11-17(22)19(13)24)21(3,4)16-10-14(8-6-2)20(25)18(23)12-16/h5-6,9-12,24-25H,1-2,7-8H2,3-4H3. The summed E-state index contributed by atoms with van der Waals surface area (Å²) in [6.45, 7) is 11.8. The largest absolute Gasteiger partial charge is 0.506 e. The van der Waals surface area contributed by atoms with Crippen molar-refractivity contribution in [2.24, 2.45) is 0 Å². The summed E-state index contributed by atoms with van der Waals surface area (Å²) in [7, 11) is 0. The second-order valence-electron chi connectivity index (χ2n) is 6.54. The number of hydrogen-bond donors (Lipinski definition) is 2. The van der Waals surface area contributed by atoms with Crippen LogP contribution < -0.4 is 0 Å². The molecular formula is C21H22Br2O2. The maximum Gasteiger partial charge on any atom is 0.133 e. The van der Waals surface area contributed by atoms with E-state index in [4.69, 9.17) is 0 Å². The number of aromatic hydroxyl groups is 2. The monoisotopic (exact) mass is 464 g/mol. The maximum absolute atomic E-state index is 10.2. The van der Waals surface area contributed by atoms with Gasteiger partial charge in [-0.05, 0) is 79.1 Å². The summed E-state index contributed by atoms with van der Waals surface area (Å²) in [5.74, 6) is 0.498. The first-order chi connectivity index (χ1) is 11.7. The zero-order valence-electron chi connectivity index (χ0n) is 14.4. The lowest BCUT2D eigenvalue weighted by Gasteiger charge is -2.28. The molecular weight excluding hydrogens is 444 g/mol. The van der Waals surface area contributed by atoms with E-state index in [9.17, 15) is 10.2 Å². The van der Waals surface area contributed by atoms with E-state index in [1.165, 1.54) is 0 Å². The molecule has 0 saturated carbocycles. The molecule has 0 amide bonds. The molecule has 2 nitrogen and oxygen atoms in total. The van der Waals surface area contributed by atoms with Gasteiger partial charge in [0, 0.05) is 5.41 Å². The molecule has 2 rings (SSSR count). The summed E-state index contributed by atoms with van der Waals surface area (Å²) in [5.41, 5.74) is 3.47. The summed E-state index contributed by atoms with van der Waals surface area (Å²) in [6, 6.07) is 7.90. The Balaban J connectivity index is 2.62. The van der Waals surface area contributed by atoms with Crippen molar-refractivity contribution in [2.75, 3.05) is 0 Å². The molecule has 0 spiro atoms. The van der Waals surface area contributed by atoms with Crippen LogP contribution in [0.25, 0.3) is 0 Å². The molecule has 4 heteroatoms. The van der Waals surface area contributed by atoms with Crippen LogP contribution in [0.2, 0.25) is 0 Å². The number of hydrogen-bond acceptors (Lipinski definition) is 2. The normalized spacial score (nSPS) is 11.4. The SMILES string of the molecule is C=CCc1cc(C(C)(C)c2cc(Br)c(O)c(CC=C)c2)cc(Br)c1O. The Morgan fingerprint density at radius 3 is 1.52 bits per heavy atom. The van der Waals surface area contributed by atoms with E-state index >= 15 is 0 Å². The average Bonchev–Trinajstić information content (AvgIpc) is 2.55. The van der Waals surface area contributed by atoms with Gasteiger partial charge in [0.2, 0.25) is 0 Å². The quantitative estimate of drug-likeness (QED) is 0.484. The Bertz CT molecular complexity index is 756. The molecule has 25 heavy (non-hydrogen) atoms. The Morgan fingerprint density at radius 2 is 1.20 bits per heavy atom. The number of phenols is 2. The summed E-state index contributed by atoms with van der Waals surface area (Å²) >= 11 is 6.90. The molecule has 0 aliphatic rings. The zero-order chi connectivity index (χ0) is 18.8. The maximum atomic E-state index is 10.2. The van der Waals surface area contributed by atoms with Crippen LogP contribution in [0.5, 0.6) is 11.5 Å². The van der Waals surface area contributed by atoms with Gasteiger partial charge in [0.1, 0.15) is 11.5 Å². The lowest BCUT2D eigenvalue weighted by atomic mass is 9.77. The van der Waals surface area contributed by atoms with Crippen LogP contribution in [0.3, 0.4) is 0 Å². The van der Waals surface area contributed by atoms with Crippen LogP contribution in [0.1, 0.15) is 36.1 Å². The van der Waals surface area contributed by atoms with Gasteiger partial charge in [-0.3, -0.25) is 0 Å². The van der Waals surface area contributed by atoms with E-state index < -0.39 is 0 Å². The average molecular weight is 466 g/mol. The van der Waals surface area contributed by atoms with E-state index in [0.717, 1.165) is 22.3 Å². The first-order valence-electron chi connectivity index (χ1n) is 7.97. The molecule has 0 radical (unpaired) electrons. The molecule has 0 aliphatic carbocycles. The van der Waals surface area contributed by atoms with E-state index in [0.29, 0.717) is 21.8 Å². The molecule has 2 aromatic rings. The third kappa shape index (κ3) is 4.01. The van der Waals surface area contributed by atoms with Gasteiger partial charge in [-0.15, -0.1) is 13.2 Å².